The zero-order chi connectivity index (χ0) is 16.6. The number of carboxylic acid groups (broad SMARTS) is 1. The normalized spacial score (nSPS) is 19.3. The fourth-order valence-corrected chi connectivity index (χ4v) is 2.94. The molecule has 1 aliphatic heterocycles. The first kappa shape index (κ1) is 15.5. The number of hydrogen-bond donors (Lipinski definition) is 1. The van der Waals surface area contributed by atoms with Gasteiger partial charge in [-0.1, -0.05) is 17.7 Å². The summed E-state index contributed by atoms with van der Waals surface area (Å²) in [4.78, 5) is 39.3. The first-order valence-corrected chi connectivity index (χ1v) is 7.83. The number of nitrogens with zero attached hydrogens (tertiary/aromatic N) is 2. The molecule has 1 N–H and O–H groups in total. The van der Waals surface area contributed by atoms with E-state index in [1.54, 1.807) is 21.9 Å². The molecule has 122 valence electrons. The minimum Gasteiger partial charge on any atom is -0.480 e. The topological polar surface area (TPSA) is 77.9 Å². The van der Waals surface area contributed by atoms with Crippen LogP contribution in [-0.4, -0.2) is 58.9 Å². The Bertz CT molecular complexity index is 641. The van der Waals surface area contributed by atoms with Gasteiger partial charge in [-0.25, -0.2) is 0 Å². The number of carbonyl (C=O) groups is 3. The number of hydrogen-bond acceptors (Lipinski definition) is 3. The van der Waals surface area contributed by atoms with Gasteiger partial charge in [0.25, 0.3) is 5.91 Å². The summed E-state index contributed by atoms with van der Waals surface area (Å²) in [5, 5.41) is 9.20. The van der Waals surface area contributed by atoms with Gasteiger partial charge in [0.1, 0.15) is 5.41 Å². The van der Waals surface area contributed by atoms with Gasteiger partial charge in [-0.2, -0.15) is 0 Å². The molecule has 0 atom stereocenters. The Hall–Kier alpha value is -2.37. The summed E-state index contributed by atoms with van der Waals surface area (Å²) in [6.45, 7) is 3.63. The lowest BCUT2D eigenvalue weighted by atomic mass is 10.1. The van der Waals surface area contributed by atoms with Gasteiger partial charge < -0.3 is 14.9 Å². The summed E-state index contributed by atoms with van der Waals surface area (Å²) in [6, 6.07) is 7.41. The molecule has 1 saturated carbocycles. The highest BCUT2D eigenvalue weighted by Gasteiger charge is 2.58. The third kappa shape index (κ3) is 2.81. The Kier molecular flexibility index (Phi) is 3.83. The maximum absolute atomic E-state index is 12.4. The molecule has 3 rings (SSSR count). The Morgan fingerprint density at radius 2 is 1.48 bits per heavy atom. The van der Waals surface area contributed by atoms with Crippen molar-refractivity contribution in [1.82, 2.24) is 9.80 Å². The molecule has 0 aromatic heterocycles. The zero-order valence-corrected chi connectivity index (χ0v) is 13.1. The minimum atomic E-state index is -1.19. The van der Waals surface area contributed by atoms with Crippen molar-refractivity contribution >= 4 is 17.8 Å². The number of carboxylic acids is 1. The van der Waals surface area contributed by atoms with Crippen LogP contribution in [0.1, 0.15) is 28.8 Å². The second-order valence-electron chi connectivity index (χ2n) is 6.34. The van der Waals surface area contributed by atoms with Crippen molar-refractivity contribution in [3.05, 3.63) is 35.4 Å². The molecule has 0 unspecified atom stereocenters. The highest BCUT2D eigenvalue weighted by Crippen LogP contribution is 2.47. The summed E-state index contributed by atoms with van der Waals surface area (Å²) in [5.41, 5.74) is 0.545. The van der Waals surface area contributed by atoms with Gasteiger partial charge in [0.15, 0.2) is 0 Å². The van der Waals surface area contributed by atoms with Gasteiger partial charge in [0.05, 0.1) is 0 Å². The number of amides is 2. The molecule has 1 aromatic rings. The van der Waals surface area contributed by atoms with E-state index in [0.717, 1.165) is 5.56 Å². The standard InChI is InChI=1S/C17H20N2O4/c1-12-2-4-13(5-3-12)14(20)18-8-10-19(11-9-18)15(21)17(6-7-17)16(22)23/h2-5H,6-11H2,1H3,(H,22,23). The zero-order valence-electron chi connectivity index (χ0n) is 13.1. The van der Waals surface area contributed by atoms with Crippen molar-refractivity contribution in [3.8, 4) is 0 Å². The van der Waals surface area contributed by atoms with E-state index in [4.69, 9.17) is 0 Å². The summed E-state index contributed by atoms with van der Waals surface area (Å²) in [7, 11) is 0. The molecule has 0 bridgehead atoms. The fraction of sp³-hybridized carbons (Fsp3) is 0.471. The lowest BCUT2D eigenvalue weighted by Gasteiger charge is -2.36. The van der Waals surface area contributed by atoms with Gasteiger partial charge in [-0.3, -0.25) is 14.4 Å². The lowest BCUT2D eigenvalue weighted by molar-refractivity contribution is -0.154. The summed E-state index contributed by atoms with van der Waals surface area (Å²) >= 11 is 0. The van der Waals surface area contributed by atoms with E-state index in [2.05, 4.69) is 0 Å². The van der Waals surface area contributed by atoms with Gasteiger partial charge in [-0.05, 0) is 31.9 Å². The molecule has 23 heavy (non-hydrogen) atoms. The second kappa shape index (κ2) is 5.68. The molecule has 2 aliphatic rings. The van der Waals surface area contributed by atoms with Crippen LogP contribution in [-0.2, 0) is 9.59 Å². The number of rotatable bonds is 3. The van der Waals surface area contributed by atoms with Crippen molar-refractivity contribution in [2.24, 2.45) is 5.41 Å². The predicted molar refractivity (Wildman–Crippen MR) is 83.0 cm³/mol. The maximum atomic E-state index is 12.4. The van der Waals surface area contributed by atoms with Gasteiger partial charge in [-0.15, -0.1) is 0 Å². The number of aliphatic carboxylic acids is 1. The molecule has 1 aromatic carbocycles. The van der Waals surface area contributed by atoms with E-state index in [9.17, 15) is 19.5 Å². The van der Waals surface area contributed by atoms with Crippen LogP contribution < -0.4 is 0 Å². The number of piperazine rings is 1. The van der Waals surface area contributed by atoms with Crippen LogP contribution in [0.4, 0.5) is 0 Å². The van der Waals surface area contributed by atoms with Gasteiger partial charge >= 0.3 is 5.97 Å². The monoisotopic (exact) mass is 316 g/mol. The van der Waals surface area contributed by atoms with Crippen molar-refractivity contribution in [1.29, 1.82) is 0 Å². The fourth-order valence-electron chi connectivity index (χ4n) is 2.94. The third-order valence-electron chi connectivity index (χ3n) is 4.72. The SMILES string of the molecule is Cc1ccc(C(=O)N2CCN(C(=O)C3(C(=O)O)CC3)CC2)cc1. The molecule has 1 heterocycles. The Balaban J connectivity index is 1.60. The predicted octanol–water partition coefficient (Wildman–Crippen LogP) is 1.14. The molecule has 1 saturated heterocycles. The first-order valence-electron chi connectivity index (χ1n) is 7.83. The van der Waals surface area contributed by atoms with Gasteiger partial charge in [0.2, 0.25) is 5.91 Å². The maximum Gasteiger partial charge on any atom is 0.319 e. The highest BCUT2D eigenvalue weighted by molar-refractivity contribution is 6.05. The smallest absolute Gasteiger partial charge is 0.319 e. The molecule has 2 amide bonds. The largest absolute Gasteiger partial charge is 0.480 e. The van der Waals surface area contributed by atoms with Crippen LogP contribution in [0.2, 0.25) is 0 Å². The Labute approximate surface area is 134 Å². The highest BCUT2D eigenvalue weighted by atomic mass is 16.4. The lowest BCUT2D eigenvalue weighted by Crippen LogP contribution is -2.53. The van der Waals surface area contributed by atoms with E-state index in [-0.39, 0.29) is 11.8 Å². The van der Waals surface area contributed by atoms with Crippen LogP contribution in [0.15, 0.2) is 24.3 Å². The minimum absolute atomic E-state index is 0.0449. The number of aryl methyl sites for hydroxylation is 1. The van der Waals surface area contributed by atoms with Crippen LogP contribution >= 0.6 is 0 Å². The van der Waals surface area contributed by atoms with E-state index in [0.29, 0.717) is 44.6 Å². The van der Waals surface area contributed by atoms with E-state index < -0.39 is 11.4 Å². The average molecular weight is 316 g/mol. The molecule has 6 nitrogen and oxygen atoms in total. The van der Waals surface area contributed by atoms with Crippen molar-refractivity contribution in [2.75, 3.05) is 26.2 Å². The molecule has 1 aliphatic carbocycles. The molecular formula is C17H20N2O4. The third-order valence-corrected chi connectivity index (χ3v) is 4.72. The molecule has 0 radical (unpaired) electrons. The van der Waals surface area contributed by atoms with Gasteiger partial charge in [0, 0.05) is 31.7 Å². The quantitative estimate of drug-likeness (QED) is 0.848. The van der Waals surface area contributed by atoms with Crippen LogP contribution in [0.3, 0.4) is 0 Å². The van der Waals surface area contributed by atoms with E-state index in [1.807, 2.05) is 19.1 Å². The summed E-state index contributed by atoms with van der Waals surface area (Å²) in [5.74, 6) is -1.37. The second-order valence-corrected chi connectivity index (χ2v) is 6.34. The van der Waals surface area contributed by atoms with Crippen molar-refractivity contribution in [2.45, 2.75) is 19.8 Å². The van der Waals surface area contributed by atoms with Crippen molar-refractivity contribution < 1.29 is 19.5 Å². The van der Waals surface area contributed by atoms with Crippen molar-refractivity contribution in [3.63, 3.8) is 0 Å². The number of benzene rings is 1. The van der Waals surface area contributed by atoms with E-state index >= 15 is 0 Å². The average Bonchev–Trinajstić information content (AvgIpc) is 3.36. The van der Waals surface area contributed by atoms with Crippen LogP contribution in [0, 0.1) is 12.3 Å². The molecular weight excluding hydrogens is 296 g/mol. The summed E-state index contributed by atoms with van der Waals surface area (Å²) < 4.78 is 0. The number of carbonyl (C=O) groups excluding carboxylic acids is 2. The Morgan fingerprint density at radius 1 is 0.957 bits per heavy atom. The van der Waals surface area contributed by atoms with E-state index in [1.165, 1.54) is 0 Å². The summed E-state index contributed by atoms with van der Waals surface area (Å²) in [6.07, 6.45) is 0.841. The Morgan fingerprint density at radius 3 is 1.96 bits per heavy atom. The first-order chi connectivity index (χ1) is 10.9. The van der Waals surface area contributed by atoms with Crippen LogP contribution in [0.5, 0.6) is 0 Å². The molecule has 0 spiro atoms. The molecule has 2 fully saturated rings. The van der Waals surface area contributed by atoms with Crippen LogP contribution in [0.25, 0.3) is 0 Å². The molecule has 6 heteroatoms.